The maximum Gasteiger partial charge on any atom is 0.248 e. The number of hydrogen-bond acceptors (Lipinski definition) is 3. The zero-order valence-electron chi connectivity index (χ0n) is 16.7. The standard InChI is InChI=1S/C22H28N2O3S/c1-4-16-24(17-5-2)28(26,27)21-13-11-20(12-14-21)23-22(25)15-10-19-8-6-18(3)7-9-19/h6-15H,4-5,16-17H2,1-3H3,(H,23,25)/b15-10+. The Hall–Kier alpha value is -2.44. The number of rotatable bonds is 9. The predicted molar refractivity (Wildman–Crippen MR) is 115 cm³/mol. The van der Waals surface area contributed by atoms with E-state index in [0.29, 0.717) is 18.8 Å². The molecule has 0 bridgehead atoms. The van der Waals surface area contributed by atoms with Crippen molar-refractivity contribution in [2.24, 2.45) is 0 Å². The summed E-state index contributed by atoms with van der Waals surface area (Å²) in [5.41, 5.74) is 2.65. The minimum atomic E-state index is -3.51. The molecule has 1 N–H and O–H groups in total. The van der Waals surface area contributed by atoms with Gasteiger partial charge in [0.2, 0.25) is 15.9 Å². The normalized spacial score (nSPS) is 11.9. The van der Waals surface area contributed by atoms with Crippen LogP contribution < -0.4 is 5.32 Å². The van der Waals surface area contributed by atoms with Gasteiger partial charge in [0.15, 0.2) is 0 Å². The van der Waals surface area contributed by atoms with Crippen molar-refractivity contribution < 1.29 is 13.2 Å². The van der Waals surface area contributed by atoms with Gasteiger partial charge in [-0.2, -0.15) is 4.31 Å². The van der Waals surface area contributed by atoms with Gasteiger partial charge in [0.25, 0.3) is 0 Å². The lowest BCUT2D eigenvalue weighted by Crippen LogP contribution is -2.32. The van der Waals surface area contributed by atoms with Gasteiger partial charge in [0.05, 0.1) is 4.90 Å². The Kier molecular flexibility index (Phi) is 7.96. The third kappa shape index (κ3) is 6.04. The van der Waals surface area contributed by atoms with Crippen molar-refractivity contribution in [1.29, 1.82) is 0 Å². The van der Waals surface area contributed by atoms with Crippen molar-refractivity contribution in [3.8, 4) is 0 Å². The second kappa shape index (κ2) is 10.2. The number of nitrogens with one attached hydrogen (secondary N) is 1. The third-order valence-electron chi connectivity index (χ3n) is 4.21. The molecule has 6 heteroatoms. The van der Waals surface area contributed by atoms with Crippen LogP contribution in [0.5, 0.6) is 0 Å². The van der Waals surface area contributed by atoms with E-state index < -0.39 is 10.0 Å². The molecular formula is C22H28N2O3S. The van der Waals surface area contributed by atoms with Crippen LogP contribution in [-0.4, -0.2) is 31.7 Å². The summed E-state index contributed by atoms with van der Waals surface area (Å²) in [5.74, 6) is -0.269. The Bertz CT molecular complexity index is 896. The monoisotopic (exact) mass is 400 g/mol. The molecule has 0 atom stereocenters. The molecule has 0 aliphatic rings. The number of benzene rings is 2. The molecule has 1 amide bonds. The summed E-state index contributed by atoms with van der Waals surface area (Å²) in [5, 5.41) is 2.75. The summed E-state index contributed by atoms with van der Waals surface area (Å²) >= 11 is 0. The fourth-order valence-corrected chi connectivity index (χ4v) is 4.37. The van der Waals surface area contributed by atoms with E-state index in [1.54, 1.807) is 18.2 Å². The maximum absolute atomic E-state index is 12.8. The minimum absolute atomic E-state index is 0.239. The summed E-state index contributed by atoms with van der Waals surface area (Å²) in [6.45, 7) is 6.92. The van der Waals surface area contributed by atoms with E-state index in [9.17, 15) is 13.2 Å². The van der Waals surface area contributed by atoms with Crippen LogP contribution in [0.25, 0.3) is 6.08 Å². The fourth-order valence-electron chi connectivity index (χ4n) is 2.74. The van der Waals surface area contributed by atoms with Crippen molar-refractivity contribution in [3.63, 3.8) is 0 Å². The van der Waals surface area contributed by atoms with Crippen LogP contribution in [0.1, 0.15) is 37.8 Å². The van der Waals surface area contributed by atoms with E-state index in [1.165, 1.54) is 22.5 Å². The second-order valence-corrected chi connectivity index (χ2v) is 8.60. The van der Waals surface area contributed by atoms with E-state index >= 15 is 0 Å². The average molecular weight is 401 g/mol. The van der Waals surface area contributed by atoms with Gasteiger partial charge in [0.1, 0.15) is 0 Å². The van der Waals surface area contributed by atoms with Crippen LogP contribution in [0.3, 0.4) is 0 Å². The van der Waals surface area contributed by atoms with E-state index in [-0.39, 0.29) is 10.8 Å². The number of nitrogens with zero attached hydrogens (tertiary/aromatic N) is 1. The largest absolute Gasteiger partial charge is 0.323 e. The molecule has 5 nitrogen and oxygen atoms in total. The lowest BCUT2D eigenvalue weighted by atomic mass is 10.1. The van der Waals surface area contributed by atoms with Gasteiger partial charge in [0, 0.05) is 24.9 Å². The highest BCUT2D eigenvalue weighted by atomic mass is 32.2. The van der Waals surface area contributed by atoms with Crippen LogP contribution in [0, 0.1) is 6.92 Å². The smallest absolute Gasteiger partial charge is 0.248 e. The van der Waals surface area contributed by atoms with Crippen molar-refractivity contribution in [2.45, 2.75) is 38.5 Å². The Balaban J connectivity index is 2.05. The fraction of sp³-hybridized carbons (Fsp3) is 0.318. The summed E-state index contributed by atoms with van der Waals surface area (Å²) in [6, 6.07) is 14.1. The summed E-state index contributed by atoms with van der Waals surface area (Å²) < 4.78 is 27.0. The number of carbonyl (C=O) groups excluding carboxylic acids is 1. The molecule has 2 aromatic carbocycles. The Morgan fingerprint density at radius 1 is 0.964 bits per heavy atom. The number of carbonyl (C=O) groups is 1. The van der Waals surface area contributed by atoms with Crippen molar-refractivity contribution in [3.05, 3.63) is 65.7 Å². The van der Waals surface area contributed by atoms with Gasteiger partial charge in [-0.3, -0.25) is 4.79 Å². The molecule has 0 aromatic heterocycles. The highest BCUT2D eigenvalue weighted by Crippen LogP contribution is 2.19. The van der Waals surface area contributed by atoms with Gasteiger partial charge >= 0.3 is 0 Å². The van der Waals surface area contributed by atoms with Gasteiger partial charge in [-0.15, -0.1) is 0 Å². The molecule has 0 saturated carbocycles. The molecule has 0 unspecified atom stereocenters. The summed E-state index contributed by atoms with van der Waals surface area (Å²) in [6.07, 6.45) is 4.72. The first-order valence-electron chi connectivity index (χ1n) is 9.52. The first-order chi connectivity index (χ1) is 13.4. The van der Waals surface area contributed by atoms with Gasteiger partial charge in [-0.1, -0.05) is 43.7 Å². The Morgan fingerprint density at radius 3 is 2.07 bits per heavy atom. The molecule has 0 aliphatic carbocycles. The summed E-state index contributed by atoms with van der Waals surface area (Å²) in [4.78, 5) is 12.3. The zero-order valence-corrected chi connectivity index (χ0v) is 17.5. The van der Waals surface area contributed by atoms with Crippen LogP contribution >= 0.6 is 0 Å². The number of aryl methyl sites for hydroxylation is 1. The van der Waals surface area contributed by atoms with E-state index in [0.717, 1.165) is 24.0 Å². The highest BCUT2D eigenvalue weighted by molar-refractivity contribution is 7.89. The molecule has 2 aromatic rings. The number of amides is 1. The average Bonchev–Trinajstić information content (AvgIpc) is 2.68. The SMILES string of the molecule is CCCN(CCC)S(=O)(=O)c1ccc(NC(=O)/C=C/c2ccc(C)cc2)cc1. The summed E-state index contributed by atoms with van der Waals surface area (Å²) in [7, 11) is -3.51. The molecule has 28 heavy (non-hydrogen) atoms. The molecule has 0 aliphatic heterocycles. The molecule has 0 saturated heterocycles. The van der Waals surface area contributed by atoms with Crippen LogP contribution in [0.4, 0.5) is 5.69 Å². The maximum atomic E-state index is 12.8. The molecule has 0 radical (unpaired) electrons. The van der Waals surface area contributed by atoms with Crippen LogP contribution in [0.2, 0.25) is 0 Å². The highest BCUT2D eigenvalue weighted by Gasteiger charge is 2.22. The second-order valence-electron chi connectivity index (χ2n) is 6.66. The van der Waals surface area contributed by atoms with Gasteiger partial charge in [-0.25, -0.2) is 8.42 Å². The molecule has 2 rings (SSSR count). The van der Waals surface area contributed by atoms with Crippen molar-refractivity contribution in [1.82, 2.24) is 4.31 Å². The number of hydrogen-bond donors (Lipinski definition) is 1. The van der Waals surface area contributed by atoms with E-state index in [2.05, 4.69) is 5.32 Å². The van der Waals surface area contributed by atoms with Crippen LogP contribution in [0.15, 0.2) is 59.5 Å². The zero-order chi connectivity index (χ0) is 20.6. The van der Waals surface area contributed by atoms with Crippen LogP contribution in [-0.2, 0) is 14.8 Å². The van der Waals surface area contributed by atoms with Crippen molar-refractivity contribution in [2.75, 3.05) is 18.4 Å². The molecule has 150 valence electrons. The van der Waals surface area contributed by atoms with Gasteiger partial charge in [-0.05, 0) is 55.7 Å². The minimum Gasteiger partial charge on any atom is -0.323 e. The molecular weight excluding hydrogens is 372 g/mol. The topological polar surface area (TPSA) is 66.5 Å². The van der Waals surface area contributed by atoms with E-state index in [1.807, 2.05) is 45.0 Å². The van der Waals surface area contributed by atoms with Gasteiger partial charge < -0.3 is 5.32 Å². The van der Waals surface area contributed by atoms with Crippen molar-refractivity contribution >= 4 is 27.7 Å². The third-order valence-corrected chi connectivity index (χ3v) is 6.12. The lowest BCUT2D eigenvalue weighted by Gasteiger charge is -2.21. The predicted octanol–water partition coefficient (Wildman–Crippen LogP) is 4.46. The first kappa shape index (κ1) is 21.9. The molecule has 0 spiro atoms. The molecule has 0 fully saturated rings. The first-order valence-corrected chi connectivity index (χ1v) is 11.0. The Labute approximate surface area is 168 Å². The Morgan fingerprint density at radius 2 is 1.54 bits per heavy atom. The quantitative estimate of drug-likeness (QED) is 0.632. The van der Waals surface area contributed by atoms with E-state index in [4.69, 9.17) is 0 Å². The lowest BCUT2D eigenvalue weighted by molar-refractivity contribution is -0.111. The number of anilines is 1. The molecule has 0 heterocycles. The number of sulfonamides is 1.